The minimum absolute atomic E-state index is 0.0453. The maximum atomic E-state index is 12.1. The number of hydrogen-bond acceptors (Lipinski definition) is 6. The number of likely N-dealkylation sites (tertiary alicyclic amines) is 1. The molecule has 0 aliphatic carbocycles. The lowest BCUT2D eigenvalue weighted by Gasteiger charge is -2.31. The van der Waals surface area contributed by atoms with Crippen molar-refractivity contribution in [1.29, 1.82) is 0 Å². The lowest BCUT2D eigenvalue weighted by Crippen LogP contribution is -2.44. The van der Waals surface area contributed by atoms with Gasteiger partial charge in [0.15, 0.2) is 0 Å². The average molecular weight is 374 g/mol. The maximum absolute atomic E-state index is 12.1. The van der Waals surface area contributed by atoms with Crippen LogP contribution >= 0.6 is 22.7 Å². The van der Waals surface area contributed by atoms with E-state index in [0.717, 1.165) is 54.3 Å². The molecule has 0 radical (unpaired) electrons. The van der Waals surface area contributed by atoms with E-state index in [4.69, 9.17) is 9.40 Å². The molecule has 130 valence electrons. The molecule has 0 saturated carbocycles. The number of nitrogens with zero attached hydrogens (tertiary/aromatic N) is 2. The van der Waals surface area contributed by atoms with Crippen LogP contribution in [0.3, 0.4) is 0 Å². The Labute approximate surface area is 154 Å². The summed E-state index contributed by atoms with van der Waals surface area (Å²) in [5.41, 5.74) is 2.90. The molecule has 25 heavy (non-hydrogen) atoms. The van der Waals surface area contributed by atoms with Crippen LogP contribution in [0, 0.1) is 0 Å². The summed E-state index contributed by atoms with van der Waals surface area (Å²) in [7, 11) is 0. The summed E-state index contributed by atoms with van der Waals surface area (Å²) in [4.78, 5) is 19.2. The van der Waals surface area contributed by atoms with Gasteiger partial charge in [-0.15, -0.1) is 11.3 Å². The van der Waals surface area contributed by atoms with Gasteiger partial charge in [-0.2, -0.15) is 11.3 Å². The predicted octanol–water partition coefficient (Wildman–Crippen LogP) is 3.86. The van der Waals surface area contributed by atoms with Gasteiger partial charge in [0.2, 0.25) is 0 Å². The first-order valence-electron chi connectivity index (χ1n) is 8.30. The number of piperidine rings is 1. The van der Waals surface area contributed by atoms with E-state index in [-0.39, 0.29) is 11.9 Å². The molecule has 1 fully saturated rings. The highest BCUT2D eigenvalue weighted by molar-refractivity contribution is 7.13. The molecule has 1 aliphatic rings. The van der Waals surface area contributed by atoms with Crippen molar-refractivity contribution >= 4 is 28.6 Å². The second kappa shape index (κ2) is 7.51. The molecule has 0 atom stereocenters. The molecule has 0 bridgehead atoms. The zero-order valence-corrected chi connectivity index (χ0v) is 15.3. The Morgan fingerprint density at radius 3 is 2.92 bits per heavy atom. The van der Waals surface area contributed by atoms with Gasteiger partial charge in [0.05, 0.1) is 12.0 Å². The third-order valence-corrected chi connectivity index (χ3v) is 6.04. The van der Waals surface area contributed by atoms with Gasteiger partial charge in [0, 0.05) is 47.6 Å². The van der Waals surface area contributed by atoms with E-state index in [2.05, 4.69) is 15.6 Å². The highest BCUT2D eigenvalue weighted by Crippen LogP contribution is 2.25. The Morgan fingerprint density at radius 2 is 2.20 bits per heavy atom. The van der Waals surface area contributed by atoms with Gasteiger partial charge in [-0.1, -0.05) is 0 Å². The SMILES string of the molecule is O=C(NC1CCN(Cc2csc(-c3ccoc3)n2)CC1)c1ccsc1. The summed E-state index contributed by atoms with van der Waals surface area (Å²) in [6, 6.07) is 4.07. The molecule has 4 rings (SSSR count). The molecule has 3 aromatic heterocycles. The van der Waals surface area contributed by atoms with Crippen LogP contribution in [0.1, 0.15) is 28.9 Å². The molecule has 1 N–H and O–H groups in total. The van der Waals surface area contributed by atoms with E-state index in [9.17, 15) is 4.79 Å². The lowest BCUT2D eigenvalue weighted by molar-refractivity contribution is 0.0909. The number of amides is 1. The Bertz CT molecular complexity index is 803. The fourth-order valence-corrected chi connectivity index (χ4v) is 4.46. The smallest absolute Gasteiger partial charge is 0.252 e. The summed E-state index contributed by atoms with van der Waals surface area (Å²) < 4.78 is 5.12. The van der Waals surface area contributed by atoms with Crippen molar-refractivity contribution in [1.82, 2.24) is 15.2 Å². The molecule has 4 heterocycles. The van der Waals surface area contributed by atoms with Crippen molar-refractivity contribution in [2.24, 2.45) is 0 Å². The molecule has 1 saturated heterocycles. The second-order valence-electron chi connectivity index (χ2n) is 6.19. The highest BCUT2D eigenvalue weighted by Gasteiger charge is 2.22. The number of carbonyl (C=O) groups excluding carboxylic acids is 1. The standard InChI is InChI=1S/C18H19N3O2S2/c22-17(14-4-8-24-11-14)19-15-1-5-21(6-2-15)9-16-12-25-18(20-16)13-3-7-23-10-13/h3-4,7-8,10-12,15H,1-2,5-6,9H2,(H,19,22). The highest BCUT2D eigenvalue weighted by atomic mass is 32.1. The number of thiophene rings is 1. The average Bonchev–Trinajstić information content (AvgIpc) is 3.38. The van der Waals surface area contributed by atoms with Crippen LogP contribution in [0.4, 0.5) is 0 Å². The van der Waals surface area contributed by atoms with Gasteiger partial charge >= 0.3 is 0 Å². The van der Waals surface area contributed by atoms with Crippen molar-refractivity contribution < 1.29 is 9.21 Å². The molecule has 0 aromatic carbocycles. The summed E-state index contributed by atoms with van der Waals surface area (Å²) >= 11 is 3.20. The molecular formula is C18H19N3O2S2. The predicted molar refractivity (Wildman–Crippen MR) is 99.9 cm³/mol. The molecule has 1 amide bonds. The normalized spacial score (nSPS) is 16.2. The van der Waals surface area contributed by atoms with Crippen molar-refractivity contribution in [3.63, 3.8) is 0 Å². The number of hydrogen-bond donors (Lipinski definition) is 1. The van der Waals surface area contributed by atoms with Gasteiger partial charge in [-0.05, 0) is 30.4 Å². The minimum Gasteiger partial charge on any atom is -0.472 e. The zero-order chi connectivity index (χ0) is 17.1. The van der Waals surface area contributed by atoms with Crippen LogP contribution in [0.5, 0.6) is 0 Å². The summed E-state index contributed by atoms with van der Waals surface area (Å²) in [5.74, 6) is 0.0453. The van der Waals surface area contributed by atoms with Crippen LogP contribution in [0.15, 0.2) is 45.2 Å². The van der Waals surface area contributed by atoms with E-state index in [1.54, 1.807) is 35.2 Å². The molecule has 7 heteroatoms. The van der Waals surface area contributed by atoms with E-state index in [1.165, 1.54) is 0 Å². The first-order chi connectivity index (χ1) is 12.3. The van der Waals surface area contributed by atoms with Crippen LogP contribution in [-0.2, 0) is 6.54 Å². The number of rotatable bonds is 5. The van der Waals surface area contributed by atoms with E-state index >= 15 is 0 Å². The van der Waals surface area contributed by atoms with Gasteiger partial charge < -0.3 is 9.73 Å². The monoisotopic (exact) mass is 373 g/mol. The van der Waals surface area contributed by atoms with Gasteiger partial charge in [0.25, 0.3) is 5.91 Å². The first-order valence-corrected chi connectivity index (χ1v) is 10.1. The molecule has 5 nitrogen and oxygen atoms in total. The van der Waals surface area contributed by atoms with Crippen LogP contribution in [-0.4, -0.2) is 34.9 Å². The van der Waals surface area contributed by atoms with E-state index < -0.39 is 0 Å². The second-order valence-corrected chi connectivity index (χ2v) is 7.83. The van der Waals surface area contributed by atoms with Crippen molar-refractivity contribution in [3.05, 3.63) is 52.1 Å². The Kier molecular flexibility index (Phi) is 4.96. The summed E-state index contributed by atoms with van der Waals surface area (Å²) in [6.07, 6.45) is 5.36. The number of thiazole rings is 1. The van der Waals surface area contributed by atoms with Crippen LogP contribution in [0.2, 0.25) is 0 Å². The van der Waals surface area contributed by atoms with Crippen molar-refractivity contribution in [2.45, 2.75) is 25.4 Å². The first kappa shape index (κ1) is 16.5. The Balaban J connectivity index is 1.27. The fourth-order valence-electron chi connectivity index (χ4n) is 3.03. The summed E-state index contributed by atoms with van der Waals surface area (Å²) in [5, 5.41) is 10.1. The quantitative estimate of drug-likeness (QED) is 0.738. The Morgan fingerprint density at radius 1 is 1.32 bits per heavy atom. The van der Waals surface area contributed by atoms with Crippen LogP contribution < -0.4 is 5.32 Å². The maximum Gasteiger partial charge on any atom is 0.252 e. The lowest BCUT2D eigenvalue weighted by atomic mass is 10.0. The number of nitrogens with one attached hydrogen (secondary N) is 1. The number of carbonyl (C=O) groups is 1. The van der Waals surface area contributed by atoms with Crippen LogP contribution in [0.25, 0.3) is 10.6 Å². The molecule has 3 aromatic rings. The van der Waals surface area contributed by atoms with Crippen molar-refractivity contribution in [2.75, 3.05) is 13.1 Å². The third kappa shape index (κ3) is 4.00. The van der Waals surface area contributed by atoms with Gasteiger partial charge in [0.1, 0.15) is 11.3 Å². The van der Waals surface area contributed by atoms with Crippen molar-refractivity contribution in [3.8, 4) is 10.6 Å². The molecule has 1 aliphatic heterocycles. The summed E-state index contributed by atoms with van der Waals surface area (Å²) in [6.45, 7) is 2.82. The van der Waals surface area contributed by atoms with Gasteiger partial charge in [-0.25, -0.2) is 4.98 Å². The zero-order valence-electron chi connectivity index (χ0n) is 13.7. The Hall–Kier alpha value is -1.96. The van der Waals surface area contributed by atoms with E-state index in [0.29, 0.717) is 0 Å². The topological polar surface area (TPSA) is 58.4 Å². The van der Waals surface area contributed by atoms with Gasteiger partial charge in [-0.3, -0.25) is 9.69 Å². The van der Waals surface area contributed by atoms with E-state index in [1.807, 2.05) is 22.9 Å². The number of furan rings is 1. The fraction of sp³-hybridized carbons (Fsp3) is 0.333. The molecule has 0 unspecified atom stereocenters. The minimum atomic E-state index is 0.0453. The third-order valence-electron chi connectivity index (χ3n) is 4.41. The molecular weight excluding hydrogens is 354 g/mol. The largest absolute Gasteiger partial charge is 0.472 e. The molecule has 0 spiro atoms. The number of aromatic nitrogens is 1.